The average molecular weight is 224 g/mol. The summed E-state index contributed by atoms with van der Waals surface area (Å²) in [5, 5.41) is 10.0. The first kappa shape index (κ1) is 12.9. The Labute approximate surface area is 96.5 Å². The van der Waals surface area contributed by atoms with E-state index in [4.69, 9.17) is 10.5 Å². The van der Waals surface area contributed by atoms with Gasteiger partial charge in [-0.25, -0.2) is 4.98 Å². The van der Waals surface area contributed by atoms with E-state index in [0.29, 0.717) is 12.2 Å². The topological polar surface area (TPSA) is 68.4 Å². The zero-order chi connectivity index (χ0) is 12.1. The molecule has 0 amide bonds. The molecule has 0 saturated carbocycles. The van der Waals surface area contributed by atoms with Gasteiger partial charge in [-0.2, -0.15) is 0 Å². The Morgan fingerprint density at radius 2 is 2.19 bits per heavy atom. The molecule has 1 aromatic heterocycles. The van der Waals surface area contributed by atoms with Gasteiger partial charge < -0.3 is 15.6 Å². The number of anilines is 1. The highest BCUT2D eigenvalue weighted by atomic mass is 16.5. The predicted molar refractivity (Wildman–Crippen MR) is 64.0 cm³/mol. The number of hydrogen-bond donors (Lipinski definition) is 2. The molecule has 90 valence electrons. The first-order valence-corrected chi connectivity index (χ1v) is 5.46. The lowest BCUT2D eigenvalue weighted by atomic mass is 9.96. The van der Waals surface area contributed by atoms with Crippen LogP contribution in [0.25, 0.3) is 0 Å². The number of rotatable bonds is 5. The van der Waals surface area contributed by atoms with Crippen LogP contribution >= 0.6 is 0 Å². The fraction of sp³-hybridized carbons (Fsp3) is 0.583. The van der Waals surface area contributed by atoms with Crippen molar-refractivity contribution in [3.8, 4) is 0 Å². The van der Waals surface area contributed by atoms with Crippen molar-refractivity contribution in [2.24, 2.45) is 5.92 Å². The number of nitrogen functional groups attached to an aromatic ring is 1. The number of nitrogens with zero attached hydrogens (tertiary/aromatic N) is 1. The van der Waals surface area contributed by atoms with Gasteiger partial charge >= 0.3 is 0 Å². The zero-order valence-electron chi connectivity index (χ0n) is 10.1. The van der Waals surface area contributed by atoms with Crippen LogP contribution in [0.15, 0.2) is 18.3 Å². The molecule has 16 heavy (non-hydrogen) atoms. The highest BCUT2D eigenvalue weighted by Gasteiger charge is 2.23. The summed E-state index contributed by atoms with van der Waals surface area (Å²) in [4.78, 5) is 3.99. The molecule has 0 spiro atoms. The van der Waals surface area contributed by atoms with Crippen LogP contribution in [0.1, 0.15) is 19.4 Å². The smallest absolute Gasteiger partial charge is 0.126 e. The average Bonchev–Trinajstić information content (AvgIpc) is 2.22. The van der Waals surface area contributed by atoms with Gasteiger partial charge in [0.2, 0.25) is 0 Å². The Balaban J connectivity index is 2.70. The molecule has 0 saturated heterocycles. The molecule has 0 bridgehead atoms. The SMILES string of the molecule is COC(C(C)C)C(O)Cc1cccnc1N. The molecule has 2 unspecified atom stereocenters. The van der Waals surface area contributed by atoms with Crippen molar-refractivity contribution in [3.05, 3.63) is 23.9 Å². The molecule has 2 atom stereocenters. The quantitative estimate of drug-likeness (QED) is 0.789. The van der Waals surface area contributed by atoms with Gasteiger partial charge in [-0.05, 0) is 17.5 Å². The van der Waals surface area contributed by atoms with Crippen LogP contribution in [0.2, 0.25) is 0 Å². The Morgan fingerprint density at radius 3 is 2.69 bits per heavy atom. The summed E-state index contributed by atoms with van der Waals surface area (Å²) in [6, 6.07) is 3.69. The van der Waals surface area contributed by atoms with Gasteiger partial charge in [-0.15, -0.1) is 0 Å². The molecule has 0 aliphatic heterocycles. The second-order valence-electron chi connectivity index (χ2n) is 4.26. The molecular formula is C12H20N2O2. The summed E-state index contributed by atoms with van der Waals surface area (Å²) >= 11 is 0. The molecule has 1 rings (SSSR count). The van der Waals surface area contributed by atoms with E-state index >= 15 is 0 Å². The van der Waals surface area contributed by atoms with Crippen LogP contribution in [-0.4, -0.2) is 29.4 Å². The minimum Gasteiger partial charge on any atom is -0.390 e. The summed E-state index contributed by atoms with van der Waals surface area (Å²) < 4.78 is 5.27. The lowest BCUT2D eigenvalue weighted by Crippen LogP contribution is -2.34. The van der Waals surface area contributed by atoms with E-state index in [0.717, 1.165) is 5.56 Å². The molecule has 1 heterocycles. The summed E-state index contributed by atoms with van der Waals surface area (Å²) in [5.74, 6) is 0.734. The monoisotopic (exact) mass is 224 g/mol. The van der Waals surface area contributed by atoms with Crippen LogP contribution in [0, 0.1) is 5.92 Å². The van der Waals surface area contributed by atoms with Crippen LogP contribution < -0.4 is 5.73 Å². The molecule has 4 heteroatoms. The maximum atomic E-state index is 10.0. The van der Waals surface area contributed by atoms with Gasteiger partial charge in [-0.1, -0.05) is 19.9 Å². The third kappa shape index (κ3) is 3.18. The summed E-state index contributed by atoms with van der Waals surface area (Å²) in [6.45, 7) is 4.04. The lowest BCUT2D eigenvalue weighted by molar-refractivity contribution is -0.0367. The van der Waals surface area contributed by atoms with Crippen molar-refractivity contribution in [1.29, 1.82) is 0 Å². The number of hydrogen-bond acceptors (Lipinski definition) is 4. The molecule has 0 fully saturated rings. The maximum Gasteiger partial charge on any atom is 0.126 e. The van der Waals surface area contributed by atoms with E-state index in [1.54, 1.807) is 13.3 Å². The Kier molecular flexibility index (Phi) is 4.71. The van der Waals surface area contributed by atoms with Gasteiger partial charge in [0.05, 0.1) is 12.2 Å². The largest absolute Gasteiger partial charge is 0.390 e. The fourth-order valence-corrected chi connectivity index (χ4v) is 1.84. The number of pyridine rings is 1. The highest BCUT2D eigenvalue weighted by molar-refractivity contribution is 5.38. The van der Waals surface area contributed by atoms with Crippen molar-refractivity contribution in [3.63, 3.8) is 0 Å². The van der Waals surface area contributed by atoms with Crippen LogP contribution in [0.3, 0.4) is 0 Å². The van der Waals surface area contributed by atoms with Crippen molar-refractivity contribution in [1.82, 2.24) is 4.98 Å². The standard InChI is InChI=1S/C12H20N2O2/c1-8(2)11(16-3)10(15)7-9-5-4-6-14-12(9)13/h4-6,8,10-11,15H,7H2,1-3H3,(H2,13,14). The van der Waals surface area contributed by atoms with E-state index < -0.39 is 6.10 Å². The van der Waals surface area contributed by atoms with Gasteiger partial charge in [0.1, 0.15) is 5.82 Å². The Morgan fingerprint density at radius 1 is 1.50 bits per heavy atom. The number of aliphatic hydroxyl groups excluding tert-OH is 1. The summed E-state index contributed by atoms with van der Waals surface area (Å²) in [7, 11) is 1.61. The van der Waals surface area contributed by atoms with Crippen LogP contribution in [0.4, 0.5) is 5.82 Å². The first-order chi connectivity index (χ1) is 7.56. The molecule has 1 aromatic rings. The summed E-state index contributed by atoms with van der Waals surface area (Å²) in [6.07, 6.45) is 1.37. The normalized spacial score (nSPS) is 15.1. The molecule has 0 aliphatic carbocycles. The van der Waals surface area contributed by atoms with Crippen molar-refractivity contribution in [2.75, 3.05) is 12.8 Å². The number of aromatic nitrogens is 1. The fourth-order valence-electron chi connectivity index (χ4n) is 1.84. The van der Waals surface area contributed by atoms with Gasteiger partial charge in [0.15, 0.2) is 0 Å². The number of aliphatic hydroxyl groups is 1. The minimum atomic E-state index is -0.559. The molecule has 0 aromatic carbocycles. The highest BCUT2D eigenvalue weighted by Crippen LogP contribution is 2.17. The van der Waals surface area contributed by atoms with Crippen LogP contribution in [0.5, 0.6) is 0 Å². The lowest BCUT2D eigenvalue weighted by Gasteiger charge is -2.25. The second kappa shape index (κ2) is 5.82. The first-order valence-electron chi connectivity index (χ1n) is 5.46. The molecule has 4 nitrogen and oxygen atoms in total. The second-order valence-corrected chi connectivity index (χ2v) is 4.26. The Bertz CT molecular complexity index is 329. The number of nitrogens with two attached hydrogens (primary N) is 1. The number of methoxy groups -OCH3 is 1. The number of ether oxygens (including phenoxy) is 1. The van der Waals surface area contributed by atoms with E-state index in [1.807, 2.05) is 26.0 Å². The van der Waals surface area contributed by atoms with E-state index in [2.05, 4.69) is 4.98 Å². The van der Waals surface area contributed by atoms with Crippen molar-refractivity contribution >= 4 is 5.82 Å². The molecule has 0 radical (unpaired) electrons. The van der Waals surface area contributed by atoms with Crippen molar-refractivity contribution < 1.29 is 9.84 Å². The van der Waals surface area contributed by atoms with Gasteiger partial charge in [0.25, 0.3) is 0 Å². The van der Waals surface area contributed by atoms with Crippen molar-refractivity contribution in [2.45, 2.75) is 32.5 Å². The van der Waals surface area contributed by atoms with Gasteiger partial charge in [-0.3, -0.25) is 0 Å². The molecule has 3 N–H and O–H groups in total. The third-order valence-electron chi connectivity index (χ3n) is 2.66. The third-order valence-corrected chi connectivity index (χ3v) is 2.66. The minimum absolute atomic E-state index is 0.181. The maximum absolute atomic E-state index is 10.0. The summed E-state index contributed by atoms with van der Waals surface area (Å²) in [5.41, 5.74) is 6.58. The van der Waals surface area contributed by atoms with Crippen LogP contribution in [-0.2, 0) is 11.2 Å². The van der Waals surface area contributed by atoms with E-state index in [1.165, 1.54) is 0 Å². The van der Waals surface area contributed by atoms with E-state index in [9.17, 15) is 5.11 Å². The zero-order valence-corrected chi connectivity index (χ0v) is 10.1. The van der Waals surface area contributed by atoms with E-state index in [-0.39, 0.29) is 12.0 Å². The molecule has 0 aliphatic rings. The van der Waals surface area contributed by atoms with Gasteiger partial charge in [0, 0.05) is 19.7 Å². The predicted octanol–water partition coefficient (Wildman–Crippen LogP) is 1.24. The molecular weight excluding hydrogens is 204 g/mol. The Hall–Kier alpha value is -1.13.